The van der Waals surface area contributed by atoms with Gasteiger partial charge in [0, 0.05) is 20.6 Å². The lowest BCUT2D eigenvalue weighted by atomic mass is 10.3. The number of pyridine rings is 1. The van der Waals surface area contributed by atoms with Gasteiger partial charge in [-0.2, -0.15) is 0 Å². The third kappa shape index (κ3) is 4.72. The Labute approximate surface area is 102 Å². The van der Waals surface area contributed by atoms with Gasteiger partial charge in [0.2, 0.25) is 0 Å². The van der Waals surface area contributed by atoms with Crippen molar-refractivity contribution < 1.29 is 4.79 Å². The molecule has 0 aliphatic heterocycles. The lowest BCUT2D eigenvalue weighted by molar-refractivity contribution is 0.252. The number of aromatic nitrogens is 1. The summed E-state index contributed by atoms with van der Waals surface area (Å²) in [5, 5.41) is 5.52. The fourth-order valence-corrected chi connectivity index (χ4v) is 1.28. The number of hydrogen-bond donors (Lipinski definition) is 2. The molecule has 17 heavy (non-hydrogen) atoms. The molecule has 1 aromatic rings. The standard InChI is InChI=1S/C12H20N4O/c1-4-5-8-13-12(17)15-10-6-7-11(14-9-10)16(2)3/h6-7,9H,4-5,8H2,1-3H3,(H2,13,15,17). The summed E-state index contributed by atoms with van der Waals surface area (Å²) in [6, 6.07) is 3.52. The molecule has 5 heteroatoms. The number of hydrogen-bond acceptors (Lipinski definition) is 3. The Morgan fingerprint density at radius 1 is 1.41 bits per heavy atom. The van der Waals surface area contributed by atoms with E-state index in [0.717, 1.165) is 18.7 Å². The van der Waals surface area contributed by atoms with Crippen molar-refractivity contribution in [1.82, 2.24) is 10.3 Å². The average Bonchev–Trinajstić information content (AvgIpc) is 2.30. The maximum absolute atomic E-state index is 11.4. The summed E-state index contributed by atoms with van der Waals surface area (Å²) in [6.45, 7) is 2.79. The van der Waals surface area contributed by atoms with E-state index < -0.39 is 0 Å². The molecular formula is C12H20N4O. The second-order valence-electron chi connectivity index (χ2n) is 4.03. The molecule has 0 atom stereocenters. The molecule has 0 radical (unpaired) electrons. The highest BCUT2D eigenvalue weighted by atomic mass is 16.2. The Kier molecular flexibility index (Phi) is 5.26. The van der Waals surface area contributed by atoms with Crippen molar-refractivity contribution in [1.29, 1.82) is 0 Å². The third-order valence-corrected chi connectivity index (χ3v) is 2.28. The van der Waals surface area contributed by atoms with Crippen molar-refractivity contribution >= 4 is 17.5 Å². The van der Waals surface area contributed by atoms with Crippen LogP contribution in [0.3, 0.4) is 0 Å². The van der Waals surface area contributed by atoms with E-state index in [1.54, 1.807) is 6.20 Å². The molecule has 0 fully saturated rings. The highest BCUT2D eigenvalue weighted by Gasteiger charge is 2.01. The van der Waals surface area contributed by atoms with Crippen molar-refractivity contribution in [2.24, 2.45) is 0 Å². The van der Waals surface area contributed by atoms with Crippen LogP contribution in [0.5, 0.6) is 0 Å². The number of nitrogens with zero attached hydrogens (tertiary/aromatic N) is 2. The molecule has 0 aliphatic carbocycles. The molecule has 0 spiro atoms. The number of carbonyl (C=O) groups excluding carboxylic acids is 1. The van der Waals surface area contributed by atoms with Gasteiger partial charge in [0.1, 0.15) is 5.82 Å². The largest absolute Gasteiger partial charge is 0.363 e. The van der Waals surface area contributed by atoms with Crippen LogP contribution < -0.4 is 15.5 Å². The summed E-state index contributed by atoms with van der Waals surface area (Å²) in [4.78, 5) is 17.6. The van der Waals surface area contributed by atoms with Gasteiger partial charge >= 0.3 is 6.03 Å². The second-order valence-corrected chi connectivity index (χ2v) is 4.03. The summed E-state index contributed by atoms with van der Waals surface area (Å²) in [7, 11) is 3.85. The molecule has 0 aromatic carbocycles. The van der Waals surface area contributed by atoms with E-state index in [1.165, 1.54) is 0 Å². The van der Waals surface area contributed by atoms with Crippen LogP contribution in [0.15, 0.2) is 18.3 Å². The lowest BCUT2D eigenvalue weighted by Gasteiger charge is -2.12. The molecule has 0 saturated carbocycles. The Balaban J connectivity index is 2.43. The first-order chi connectivity index (χ1) is 8.13. The zero-order valence-corrected chi connectivity index (χ0v) is 10.7. The number of amides is 2. The van der Waals surface area contributed by atoms with Crippen LogP contribution in [0, 0.1) is 0 Å². The van der Waals surface area contributed by atoms with Gasteiger partial charge in [-0.25, -0.2) is 9.78 Å². The molecule has 5 nitrogen and oxygen atoms in total. The predicted octanol–water partition coefficient (Wildman–Crippen LogP) is 2.07. The maximum atomic E-state index is 11.4. The number of carbonyl (C=O) groups is 1. The smallest absolute Gasteiger partial charge is 0.319 e. The van der Waals surface area contributed by atoms with Gasteiger partial charge in [-0.05, 0) is 18.6 Å². The van der Waals surface area contributed by atoms with E-state index >= 15 is 0 Å². The first-order valence-electron chi connectivity index (χ1n) is 5.81. The molecule has 1 aromatic heterocycles. The Morgan fingerprint density at radius 2 is 2.18 bits per heavy atom. The normalized spacial score (nSPS) is 9.82. The summed E-state index contributed by atoms with van der Waals surface area (Å²) >= 11 is 0. The van der Waals surface area contributed by atoms with Gasteiger partial charge in [0.15, 0.2) is 0 Å². The zero-order valence-electron chi connectivity index (χ0n) is 10.7. The van der Waals surface area contributed by atoms with Crippen molar-refractivity contribution in [3.05, 3.63) is 18.3 Å². The van der Waals surface area contributed by atoms with Gasteiger partial charge in [0.25, 0.3) is 0 Å². The highest BCUT2D eigenvalue weighted by molar-refractivity contribution is 5.89. The van der Waals surface area contributed by atoms with E-state index in [2.05, 4.69) is 22.5 Å². The highest BCUT2D eigenvalue weighted by Crippen LogP contribution is 2.11. The molecule has 94 valence electrons. The van der Waals surface area contributed by atoms with Crippen LogP contribution in [0.4, 0.5) is 16.3 Å². The minimum absolute atomic E-state index is 0.183. The van der Waals surface area contributed by atoms with Gasteiger partial charge in [0.05, 0.1) is 11.9 Å². The van der Waals surface area contributed by atoms with E-state index in [0.29, 0.717) is 12.2 Å². The zero-order chi connectivity index (χ0) is 12.7. The Bertz CT molecular complexity index is 348. The molecule has 0 unspecified atom stereocenters. The van der Waals surface area contributed by atoms with E-state index in [9.17, 15) is 4.79 Å². The van der Waals surface area contributed by atoms with Crippen LogP contribution in [-0.2, 0) is 0 Å². The van der Waals surface area contributed by atoms with E-state index in [1.807, 2.05) is 31.1 Å². The monoisotopic (exact) mass is 236 g/mol. The third-order valence-electron chi connectivity index (χ3n) is 2.28. The number of anilines is 2. The Morgan fingerprint density at radius 3 is 2.71 bits per heavy atom. The fourth-order valence-electron chi connectivity index (χ4n) is 1.28. The van der Waals surface area contributed by atoms with Crippen LogP contribution in [0.25, 0.3) is 0 Å². The maximum Gasteiger partial charge on any atom is 0.319 e. The molecule has 2 amide bonds. The number of unbranched alkanes of at least 4 members (excludes halogenated alkanes) is 1. The van der Waals surface area contributed by atoms with Crippen molar-refractivity contribution in [3.63, 3.8) is 0 Å². The summed E-state index contributed by atoms with van der Waals surface area (Å²) in [5.74, 6) is 0.863. The molecule has 1 heterocycles. The average molecular weight is 236 g/mol. The topological polar surface area (TPSA) is 57.3 Å². The van der Waals surface area contributed by atoms with Crippen LogP contribution >= 0.6 is 0 Å². The van der Waals surface area contributed by atoms with Crippen LogP contribution in [0.1, 0.15) is 19.8 Å². The van der Waals surface area contributed by atoms with E-state index in [4.69, 9.17) is 0 Å². The quantitative estimate of drug-likeness (QED) is 0.769. The minimum atomic E-state index is -0.183. The first-order valence-corrected chi connectivity index (χ1v) is 5.81. The van der Waals surface area contributed by atoms with Crippen molar-refractivity contribution in [2.75, 3.05) is 30.9 Å². The van der Waals surface area contributed by atoms with Crippen LogP contribution in [0.2, 0.25) is 0 Å². The molecule has 2 N–H and O–H groups in total. The molecule has 0 saturated heterocycles. The summed E-state index contributed by atoms with van der Waals surface area (Å²) in [6.07, 6.45) is 3.71. The van der Waals surface area contributed by atoms with Gasteiger partial charge in [-0.15, -0.1) is 0 Å². The number of urea groups is 1. The summed E-state index contributed by atoms with van der Waals surface area (Å²) in [5.41, 5.74) is 0.699. The second kappa shape index (κ2) is 6.73. The lowest BCUT2D eigenvalue weighted by Crippen LogP contribution is -2.29. The van der Waals surface area contributed by atoms with Gasteiger partial charge in [-0.1, -0.05) is 13.3 Å². The molecule has 1 rings (SSSR count). The SMILES string of the molecule is CCCCNC(=O)Nc1ccc(N(C)C)nc1. The molecule has 0 aliphatic rings. The molecule has 0 bridgehead atoms. The Hall–Kier alpha value is -1.78. The molecular weight excluding hydrogens is 216 g/mol. The van der Waals surface area contributed by atoms with Crippen LogP contribution in [-0.4, -0.2) is 31.7 Å². The summed E-state index contributed by atoms with van der Waals surface area (Å²) < 4.78 is 0. The van der Waals surface area contributed by atoms with Gasteiger partial charge in [-0.3, -0.25) is 0 Å². The predicted molar refractivity (Wildman–Crippen MR) is 70.5 cm³/mol. The fraction of sp³-hybridized carbons (Fsp3) is 0.500. The number of nitrogens with one attached hydrogen (secondary N) is 2. The van der Waals surface area contributed by atoms with Gasteiger partial charge < -0.3 is 15.5 Å². The van der Waals surface area contributed by atoms with Crippen molar-refractivity contribution in [2.45, 2.75) is 19.8 Å². The minimum Gasteiger partial charge on any atom is -0.363 e. The van der Waals surface area contributed by atoms with E-state index in [-0.39, 0.29) is 6.03 Å². The first kappa shape index (κ1) is 13.3. The van der Waals surface area contributed by atoms with Crippen molar-refractivity contribution in [3.8, 4) is 0 Å². The number of rotatable bonds is 5.